The molecule has 0 radical (unpaired) electrons. The summed E-state index contributed by atoms with van der Waals surface area (Å²) in [6, 6.07) is 5.27. The molecule has 1 aromatic rings. The van der Waals surface area contributed by atoms with E-state index in [1.54, 1.807) is 24.7 Å². The van der Waals surface area contributed by atoms with Crippen LogP contribution in [0.25, 0.3) is 0 Å². The fourth-order valence-electron chi connectivity index (χ4n) is 1.69. The van der Waals surface area contributed by atoms with Crippen molar-refractivity contribution in [3.63, 3.8) is 0 Å². The van der Waals surface area contributed by atoms with E-state index in [1.807, 2.05) is 13.0 Å². The lowest BCUT2D eigenvalue weighted by Crippen LogP contribution is -2.21. The van der Waals surface area contributed by atoms with Crippen molar-refractivity contribution in [3.8, 4) is 5.75 Å². The topological polar surface area (TPSA) is 76.7 Å². The number of ether oxygens (including phenoxy) is 1. The standard InChI is InChI=1S/C13H17FN2O4/c1-9-5-3-6-10(12(9)13(18)15-2)19-8-4-7-11(17)16-20-14/h3,5-6H,4,7-8H2,1-2H3,(H,15,18)(H,16,17). The number of hydroxylamine groups is 1. The first-order valence-electron chi connectivity index (χ1n) is 6.11. The Morgan fingerprint density at radius 1 is 1.35 bits per heavy atom. The molecule has 2 amide bonds. The van der Waals surface area contributed by atoms with Crippen LogP contribution in [0, 0.1) is 6.92 Å². The van der Waals surface area contributed by atoms with Crippen molar-refractivity contribution < 1.29 is 23.9 Å². The third-order valence-corrected chi connectivity index (χ3v) is 2.65. The quantitative estimate of drug-likeness (QED) is 0.587. The second-order valence-electron chi connectivity index (χ2n) is 4.08. The first-order chi connectivity index (χ1) is 9.60. The zero-order valence-corrected chi connectivity index (χ0v) is 11.4. The Bertz CT molecular complexity index is 479. The Morgan fingerprint density at radius 2 is 2.10 bits per heavy atom. The second kappa shape index (κ2) is 8.11. The van der Waals surface area contributed by atoms with Crippen molar-refractivity contribution >= 4 is 11.8 Å². The molecule has 0 saturated heterocycles. The van der Waals surface area contributed by atoms with Crippen molar-refractivity contribution in [2.24, 2.45) is 0 Å². The molecule has 1 aromatic carbocycles. The third-order valence-electron chi connectivity index (χ3n) is 2.65. The predicted octanol–water partition coefficient (Wildman–Crippen LogP) is 1.45. The second-order valence-corrected chi connectivity index (χ2v) is 4.08. The fourth-order valence-corrected chi connectivity index (χ4v) is 1.69. The van der Waals surface area contributed by atoms with Gasteiger partial charge in [-0.25, -0.2) is 0 Å². The van der Waals surface area contributed by atoms with Gasteiger partial charge in [-0.2, -0.15) is 5.48 Å². The summed E-state index contributed by atoms with van der Waals surface area (Å²) in [5.41, 5.74) is 2.83. The first kappa shape index (κ1) is 15.9. The Balaban J connectivity index is 2.58. The molecule has 0 aliphatic heterocycles. The van der Waals surface area contributed by atoms with Gasteiger partial charge in [0.15, 0.2) is 0 Å². The van der Waals surface area contributed by atoms with E-state index < -0.39 is 5.91 Å². The van der Waals surface area contributed by atoms with Crippen LogP contribution < -0.4 is 15.5 Å². The molecule has 0 bridgehead atoms. The number of carbonyl (C=O) groups excluding carboxylic acids is 2. The van der Waals surface area contributed by atoms with Crippen LogP contribution in [0.1, 0.15) is 28.8 Å². The molecule has 0 atom stereocenters. The summed E-state index contributed by atoms with van der Waals surface area (Å²) in [5, 5.41) is 5.55. The maximum Gasteiger partial charge on any atom is 0.255 e. The Morgan fingerprint density at radius 3 is 2.75 bits per heavy atom. The number of carbonyl (C=O) groups is 2. The van der Waals surface area contributed by atoms with Crippen LogP contribution in [0.2, 0.25) is 0 Å². The molecule has 0 fully saturated rings. The summed E-state index contributed by atoms with van der Waals surface area (Å²) in [6.45, 7) is 2.04. The van der Waals surface area contributed by atoms with Crippen molar-refractivity contribution in [2.45, 2.75) is 19.8 Å². The number of rotatable bonds is 7. The molecule has 0 saturated carbocycles. The van der Waals surface area contributed by atoms with E-state index in [1.165, 1.54) is 0 Å². The van der Waals surface area contributed by atoms with Crippen LogP contribution in [-0.2, 0) is 9.84 Å². The van der Waals surface area contributed by atoms with Gasteiger partial charge in [-0.1, -0.05) is 17.2 Å². The molecular formula is C13H17FN2O4. The minimum absolute atomic E-state index is 0.0606. The van der Waals surface area contributed by atoms with Crippen LogP contribution in [0.3, 0.4) is 0 Å². The average Bonchev–Trinajstić information content (AvgIpc) is 2.43. The van der Waals surface area contributed by atoms with E-state index in [0.717, 1.165) is 5.56 Å². The number of aryl methyl sites for hydroxylation is 1. The largest absolute Gasteiger partial charge is 0.493 e. The number of hydrogen-bond acceptors (Lipinski definition) is 4. The molecule has 0 spiro atoms. The minimum atomic E-state index is -0.577. The summed E-state index contributed by atoms with van der Waals surface area (Å²) in [4.78, 5) is 22.7. The van der Waals surface area contributed by atoms with E-state index in [-0.39, 0.29) is 18.9 Å². The maximum atomic E-state index is 11.8. The van der Waals surface area contributed by atoms with Crippen LogP contribution in [0.4, 0.5) is 4.53 Å². The van der Waals surface area contributed by atoms with Crippen molar-refractivity contribution in [1.29, 1.82) is 0 Å². The lowest BCUT2D eigenvalue weighted by molar-refractivity contribution is -0.198. The van der Waals surface area contributed by atoms with Crippen molar-refractivity contribution in [3.05, 3.63) is 29.3 Å². The summed E-state index contributed by atoms with van der Waals surface area (Å²) in [6.07, 6.45) is 0.432. The lowest BCUT2D eigenvalue weighted by atomic mass is 10.1. The van der Waals surface area contributed by atoms with Gasteiger partial charge in [-0.3, -0.25) is 9.59 Å². The zero-order valence-electron chi connectivity index (χ0n) is 11.4. The van der Waals surface area contributed by atoms with Gasteiger partial charge >= 0.3 is 0 Å². The average molecular weight is 284 g/mol. The summed E-state index contributed by atoms with van der Waals surface area (Å²) >= 11 is 0. The molecule has 0 aliphatic carbocycles. The highest BCUT2D eigenvalue weighted by Crippen LogP contribution is 2.22. The van der Waals surface area contributed by atoms with E-state index in [9.17, 15) is 14.1 Å². The van der Waals surface area contributed by atoms with Gasteiger partial charge in [0.25, 0.3) is 5.91 Å². The molecule has 0 unspecified atom stereocenters. The Kier molecular flexibility index (Phi) is 6.45. The van der Waals surface area contributed by atoms with Gasteiger partial charge in [0.2, 0.25) is 5.91 Å². The normalized spacial score (nSPS) is 9.95. The lowest BCUT2D eigenvalue weighted by Gasteiger charge is -2.12. The molecule has 0 heterocycles. The summed E-state index contributed by atoms with van der Waals surface area (Å²) in [7, 11) is 1.54. The van der Waals surface area contributed by atoms with Gasteiger partial charge in [-0.15, -0.1) is 0 Å². The molecule has 6 nitrogen and oxygen atoms in total. The van der Waals surface area contributed by atoms with Gasteiger partial charge < -0.3 is 10.1 Å². The number of amides is 2. The van der Waals surface area contributed by atoms with Gasteiger partial charge in [0, 0.05) is 13.5 Å². The van der Waals surface area contributed by atoms with Gasteiger partial charge in [0.05, 0.1) is 12.2 Å². The minimum Gasteiger partial charge on any atom is -0.493 e. The van der Waals surface area contributed by atoms with Crippen molar-refractivity contribution in [1.82, 2.24) is 10.8 Å². The molecule has 0 aliphatic rings. The number of halogens is 1. The van der Waals surface area contributed by atoms with Gasteiger partial charge in [0.1, 0.15) is 5.75 Å². The van der Waals surface area contributed by atoms with E-state index >= 15 is 0 Å². The Hall–Kier alpha value is -2.15. The number of nitrogens with one attached hydrogen (secondary N) is 2. The highest BCUT2D eigenvalue weighted by atomic mass is 19.3. The predicted molar refractivity (Wildman–Crippen MR) is 69.6 cm³/mol. The molecule has 7 heteroatoms. The molecule has 1 rings (SSSR count). The zero-order chi connectivity index (χ0) is 15.0. The summed E-state index contributed by atoms with van der Waals surface area (Å²) < 4.78 is 16.8. The fraction of sp³-hybridized carbons (Fsp3) is 0.385. The smallest absolute Gasteiger partial charge is 0.255 e. The van der Waals surface area contributed by atoms with E-state index in [0.29, 0.717) is 17.7 Å². The van der Waals surface area contributed by atoms with Crippen LogP contribution in [0.15, 0.2) is 18.2 Å². The Labute approximate surface area is 116 Å². The molecular weight excluding hydrogens is 267 g/mol. The highest BCUT2D eigenvalue weighted by molar-refractivity contribution is 5.98. The van der Waals surface area contributed by atoms with E-state index in [2.05, 4.69) is 10.4 Å². The monoisotopic (exact) mass is 284 g/mol. The molecule has 20 heavy (non-hydrogen) atoms. The highest BCUT2D eigenvalue weighted by Gasteiger charge is 2.14. The first-order valence-corrected chi connectivity index (χ1v) is 6.11. The molecule has 110 valence electrons. The van der Waals surface area contributed by atoms with Gasteiger partial charge in [-0.05, 0) is 29.5 Å². The maximum absolute atomic E-state index is 11.8. The van der Waals surface area contributed by atoms with Crippen molar-refractivity contribution in [2.75, 3.05) is 13.7 Å². The number of benzene rings is 1. The van der Waals surface area contributed by atoms with Crippen LogP contribution in [0.5, 0.6) is 5.75 Å². The molecule has 2 N–H and O–H groups in total. The molecule has 0 aromatic heterocycles. The van der Waals surface area contributed by atoms with Crippen LogP contribution in [-0.4, -0.2) is 25.5 Å². The summed E-state index contributed by atoms with van der Waals surface area (Å²) in [5.74, 6) is -0.361. The van der Waals surface area contributed by atoms with E-state index in [4.69, 9.17) is 4.74 Å². The van der Waals surface area contributed by atoms with Crippen LogP contribution >= 0.6 is 0 Å². The third kappa shape index (κ3) is 4.51. The SMILES string of the molecule is CNC(=O)c1c(C)cccc1OCCCC(=O)NOF. The number of hydrogen-bond donors (Lipinski definition) is 2.